The highest BCUT2D eigenvalue weighted by atomic mass is 32.2. The van der Waals surface area contributed by atoms with Crippen molar-refractivity contribution in [2.24, 2.45) is 5.16 Å². The number of fused-ring (bicyclic) bond motifs is 1. The minimum absolute atomic E-state index is 0.0413. The number of esters is 2. The molecule has 262 valence electrons. The number of nitrogens with one attached hydrogen (secondary N) is 2. The normalized spacial score (nSPS) is 17.4. The highest BCUT2D eigenvalue weighted by molar-refractivity contribution is 8.06. The van der Waals surface area contributed by atoms with E-state index >= 15 is 0 Å². The van der Waals surface area contributed by atoms with Crippen molar-refractivity contribution >= 4 is 75.9 Å². The number of thioether (sulfide) groups is 2. The number of aromatic nitrogens is 1. The molecule has 3 heterocycles. The highest BCUT2D eigenvalue weighted by Gasteiger charge is 2.55. The second kappa shape index (κ2) is 16.4. The maximum absolute atomic E-state index is 14.0. The molecule has 2 aliphatic heterocycles. The van der Waals surface area contributed by atoms with Gasteiger partial charge in [-0.2, -0.15) is 0 Å². The van der Waals surface area contributed by atoms with E-state index in [1.54, 1.807) is 20.8 Å². The molecule has 1 saturated heterocycles. The van der Waals surface area contributed by atoms with E-state index in [4.69, 9.17) is 14.3 Å². The number of hydrogen-bond acceptors (Lipinski definition) is 13. The summed E-state index contributed by atoms with van der Waals surface area (Å²) < 4.78 is 11.4. The molecule has 0 saturated carbocycles. The first-order valence-corrected chi connectivity index (χ1v) is 18.4. The zero-order valence-corrected chi connectivity index (χ0v) is 30.1. The minimum Gasteiger partial charge on any atom is -0.457 e. The molecular weight excluding hydrogens is 703 g/mol. The summed E-state index contributed by atoms with van der Waals surface area (Å²) in [6.07, 6.45) is -0.287. The molecule has 5 rings (SSSR count). The largest absolute Gasteiger partial charge is 0.457 e. The predicted octanol–water partition coefficient (Wildman–Crippen LogP) is 4.47. The van der Waals surface area contributed by atoms with Crippen molar-refractivity contribution in [2.45, 2.75) is 50.8 Å². The SMILES string of the molecule is CCSC1=C(C(=O)OC(c2ccccc2)c2ccccc2)N2C(=O)C(NC(=O)C(=NOCC(=O)OC(C)(C)C)c3csc(NC=O)n3)[C@@H]2SC1. The Kier molecular flexibility index (Phi) is 12.0. The average molecular weight is 738 g/mol. The number of β-lactam (4-membered cyclic amide) rings is 1. The van der Waals surface area contributed by atoms with E-state index in [1.165, 1.54) is 33.8 Å². The van der Waals surface area contributed by atoms with Gasteiger partial charge in [-0.25, -0.2) is 14.6 Å². The Morgan fingerprint density at radius 1 is 1.10 bits per heavy atom. The lowest BCUT2D eigenvalue weighted by atomic mass is 10.0. The molecule has 50 heavy (non-hydrogen) atoms. The first kappa shape index (κ1) is 36.6. The molecule has 1 aromatic heterocycles. The van der Waals surface area contributed by atoms with Crippen molar-refractivity contribution in [1.82, 2.24) is 15.2 Å². The molecule has 16 heteroatoms. The van der Waals surface area contributed by atoms with Crippen LogP contribution in [0.2, 0.25) is 0 Å². The molecule has 1 fully saturated rings. The van der Waals surface area contributed by atoms with Gasteiger partial charge in [0.25, 0.3) is 11.8 Å². The van der Waals surface area contributed by atoms with Gasteiger partial charge in [0.15, 0.2) is 16.9 Å². The van der Waals surface area contributed by atoms with Gasteiger partial charge in [-0.1, -0.05) is 72.7 Å². The maximum atomic E-state index is 14.0. The number of carbonyl (C=O) groups is 5. The third-order valence-corrected chi connectivity index (χ3v) is 10.3. The van der Waals surface area contributed by atoms with E-state index in [0.717, 1.165) is 22.5 Å². The summed E-state index contributed by atoms with van der Waals surface area (Å²) in [5, 5.41) is 10.00. The molecule has 2 N–H and O–H groups in total. The number of hydrogen-bond donors (Lipinski definition) is 2. The Balaban J connectivity index is 1.36. The average Bonchev–Trinajstić information content (AvgIpc) is 3.56. The molecule has 2 aliphatic rings. The molecule has 2 aromatic carbocycles. The molecule has 13 nitrogen and oxygen atoms in total. The second-order valence-corrected chi connectivity index (χ2v) is 15.1. The van der Waals surface area contributed by atoms with Crippen molar-refractivity contribution in [1.29, 1.82) is 0 Å². The predicted molar refractivity (Wildman–Crippen MR) is 191 cm³/mol. The molecule has 0 bridgehead atoms. The van der Waals surface area contributed by atoms with Gasteiger partial charge in [-0.05, 0) is 37.7 Å². The lowest BCUT2D eigenvalue weighted by Crippen LogP contribution is -2.71. The fraction of sp³-hybridized carbons (Fsp3) is 0.324. The lowest BCUT2D eigenvalue weighted by Gasteiger charge is -2.49. The molecule has 1 unspecified atom stereocenters. The van der Waals surface area contributed by atoms with E-state index in [9.17, 15) is 24.0 Å². The van der Waals surface area contributed by atoms with E-state index in [1.807, 2.05) is 67.6 Å². The third-order valence-electron chi connectivity index (χ3n) is 7.06. The summed E-state index contributed by atoms with van der Waals surface area (Å²) in [6, 6.07) is 17.7. The summed E-state index contributed by atoms with van der Waals surface area (Å²) >= 11 is 3.89. The smallest absolute Gasteiger partial charge is 0.356 e. The third kappa shape index (κ3) is 8.73. The Hall–Kier alpha value is -4.67. The number of nitrogens with zero attached hydrogens (tertiary/aromatic N) is 3. The maximum Gasteiger partial charge on any atom is 0.356 e. The number of carbonyl (C=O) groups excluding carboxylic acids is 5. The molecule has 0 spiro atoms. The van der Waals surface area contributed by atoms with Crippen LogP contribution in [0.25, 0.3) is 0 Å². The van der Waals surface area contributed by atoms with Crippen LogP contribution in [0.4, 0.5) is 5.13 Å². The van der Waals surface area contributed by atoms with Gasteiger partial charge in [0, 0.05) is 16.0 Å². The molecule has 2 atom stereocenters. The monoisotopic (exact) mass is 737 g/mol. The van der Waals surface area contributed by atoms with Gasteiger partial charge in [0.05, 0.1) is 0 Å². The van der Waals surface area contributed by atoms with Crippen LogP contribution in [0.1, 0.15) is 50.6 Å². The highest BCUT2D eigenvalue weighted by Crippen LogP contribution is 2.44. The van der Waals surface area contributed by atoms with Crippen LogP contribution < -0.4 is 10.6 Å². The molecule has 0 aliphatic carbocycles. The van der Waals surface area contributed by atoms with E-state index in [0.29, 0.717) is 22.8 Å². The van der Waals surface area contributed by atoms with Gasteiger partial charge in [-0.3, -0.25) is 19.3 Å². The van der Waals surface area contributed by atoms with Crippen LogP contribution in [0.15, 0.2) is 81.8 Å². The van der Waals surface area contributed by atoms with Gasteiger partial charge >= 0.3 is 11.9 Å². The van der Waals surface area contributed by atoms with Crippen LogP contribution in [-0.2, 0) is 38.3 Å². The van der Waals surface area contributed by atoms with Crippen molar-refractivity contribution < 1.29 is 38.3 Å². The van der Waals surface area contributed by atoms with Crippen LogP contribution in [-0.4, -0.2) is 80.9 Å². The fourth-order valence-electron chi connectivity index (χ4n) is 5.05. The minimum atomic E-state index is -1.02. The van der Waals surface area contributed by atoms with Crippen molar-refractivity contribution in [2.75, 3.05) is 23.4 Å². The summed E-state index contributed by atoms with van der Waals surface area (Å²) in [7, 11) is 0. The van der Waals surface area contributed by atoms with Gasteiger partial charge < -0.3 is 24.9 Å². The second-order valence-electron chi connectivity index (χ2n) is 11.8. The number of thiazole rings is 1. The number of oxime groups is 1. The molecule has 3 aromatic rings. The van der Waals surface area contributed by atoms with Crippen molar-refractivity contribution in [3.05, 3.63) is 93.5 Å². The van der Waals surface area contributed by atoms with E-state index < -0.39 is 53.5 Å². The van der Waals surface area contributed by atoms with Gasteiger partial charge in [0.1, 0.15) is 28.4 Å². The number of benzene rings is 2. The van der Waals surface area contributed by atoms with Crippen LogP contribution in [0.5, 0.6) is 0 Å². The summed E-state index contributed by atoms with van der Waals surface area (Å²) in [5.41, 5.74) is 0.636. The van der Waals surface area contributed by atoms with Crippen molar-refractivity contribution in [3.63, 3.8) is 0 Å². The van der Waals surface area contributed by atoms with E-state index in [-0.39, 0.29) is 22.2 Å². The zero-order chi connectivity index (χ0) is 35.8. The summed E-state index contributed by atoms with van der Waals surface area (Å²) in [4.78, 5) is 76.0. The van der Waals surface area contributed by atoms with Gasteiger partial charge in [-0.15, -0.1) is 34.9 Å². The first-order chi connectivity index (χ1) is 24.0. The Labute approximate surface area is 301 Å². The molecule has 3 amide bonds. The number of amides is 3. The van der Waals surface area contributed by atoms with Crippen LogP contribution in [0, 0.1) is 0 Å². The van der Waals surface area contributed by atoms with Crippen LogP contribution in [0.3, 0.4) is 0 Å². The first-order valence-electron chi connectivity index (χ1n) is 15.5. The fourth-order valence-corrected chi connectivity index (χ4v) is 8.10. The van der Waals surface area contributed by atoms with Gasteiger partial charge in [0.2, 0.25) is 13.0 Å². The quantitative estimate of drug-likeness (QED) is 0.0789. The molecular formula is C34H35N5O8S3. The number of ether oxygens (including phenoxy) is 2. The van der Waals surface area contributed by atoms with Crippen LogP contribution >= 0.6 is 34.9 Å². The zero-order valence-electron chi connectivity index (χ0n) is 27.6. The number of anilines is 1. The van der Waals surface area contributed by atoms with E-state index in [2.05, 4.69) is 20.8 Å². The summed E-state index contributed by atoms with van der Waals surface area (Å²) in [5.74, 6) is -1.61. The Bertz CT molecular complexity index is 1750. The summed E-state index contributed by atoms with van der Waals surface area (Å²) in [6.45, 7) is 6.45. The number of rotatable bonds is 14. The standard InChI is InChI=1S/C34H35N5O8S3/c1-5-48-23-18-49-31-26(37-29(42)25(22-17-50-33(36-22)35-19-40)38-45-16-24(41)47-34(2,3)4)30(43)39(31)27(23)32(44)46-28(20-12-8-6-9-13-20)21-14-10-7-11-15-21/h6-15,17,19,26,28,31H,5,16,18H2,1-4H3,(H,37,42)(H,35,36,40)/t26?,31-/m0/s1. The van der Waals surface area contributed by atoms with Crippen molar-refractivity contribution in [3.8, 4) is 0 Å². The Morgan fingerprint density at radius 2 is 1.76 bits per heavy atom. The lowest BCUT2D eigenvalue weighted by molar-refractivity contribution is -0.160. The Morgan fingerprint density at radius 3 is 2.36 bits per heavy atom. The topological polar surface area (TPSA) is 166 Å². The molecule has 0 radical (unpaired) electrons.